The lowest BCUT2D eigenvalue weighted by Crippen LogP contribution is -2.47. The van der Waals surface area contributed by atoms with Crippen molar-refractivity contribution in [2.45, 2.75) is 0 Å². The number of benzene rings is 2. The number of carbonyl (C=O) groups excluding carboxylic acids is 1. The van der Waals surface area contributed by atoms with Crippen molar-refractivity contribution in [2.24, 2.45) is 0 Å². The molecule has 0 unspecified atom stereocenters. The van der Waals surface area contributed by atoms with Gasteiger partial charge in [-0.2, -0.15) is 0 Å². The second-order valence-electron chi connectivity index (χ2n) is 5.79. The van der Waals surface area contributed by atoms with Crippen LogP contribution in [0.15, 0.2) is 54.6 Å². The van der Waals surface area contributed by atoms with Gasteiger partial charge in [0.1, 0.15) is 0 Å². The summed E-state index contributed by atoms with van der Waals surface area (Å²) in [5, 5.41) is 8.99. The highest BCUT2D eigenvalue weighted by atomic mass is 16.3. The maximum Gasteiger partial charge on any atom is 0.193 e. The molecular weight excluding hydrogens is 288 g/mol. The highest BCUT2D eigenvalue weighted by Gasteiger charge is 2.17. The van der Waals surface area contributed by atoms with Gasteiger partial charge in [-0.3, -0.25) is 9.69 Å². The van der Waals surface area contributed by atoms with Gasteiger partial charge in [0.2, 0.25) is 0 Å². The molecule has 1 N–H and O–H groups in total. The Balaban J connectivity index is 1.65. The highest BCUT2D eigenvalue weighted by Crippen LogP contribution is 2.19. The van der Waals surface area contributed by atoms with Crippen molar-refractivity contribution in [1.82, 2.24) is 4.90 Å². The minimum absolute atomic E-state index is 0.0601. The third-order valence-electron chi connectivity index (χ3n) is 4.32. The molecule has 2 aromatic rings. The monoisotopic (exact) mass is 310 g/mol. The van der Waals surface area contributed by atoms with Gasteiger partial charge in [0.15, 0.2) is 5.78 Å². The number of β-amino-alcohol motifs (C(OH)–C–C–N with tert-alkyl or cyclic N) is 1. The van der Waals surface area contributed by atoms with E-state index in [2.05, 4.69) is 9.80 Å². The first-order valence-corrected chi connectivity index (χ1v) is 8.06. The van der Waals surface area contributed by atoms with E-state index >= 15 is 0 Å². The van der Waals surface area contributed by atoms with Crippen LogP contribution in [-0.4, -0.2) is 55.1 Å². The van der Waals surface area contributed by atoms with E-state index in [1.165, 1.54) is 0 Å². The van der Waals surface area contributed by atoms with Crippen LogP contribution in [0.1, 0.15) is 15.9 Å². The molecule has 0 atom stereocenters. The SMILES string of the molecule is O=C(c1ccccc1)c1ccc(N2CCN(CCO)CC2)cc1. The fourth-order valence-corrected chi connectivity index (χ4v) is 2.95. The number of aliphatic hydroxyl groups is 1. The Morgan fingerprint density at radius 2 is 1.48 bits per heavy atom. The summed E-state index contributed by atoms with van der Waals surface area (Å²) in [6.07, 6.45) is 0. The number of anilines is 1. The lowest BCUT2D eigenvalue weighted by molar-refractivity contribution is 0.103. The van der Waals surface area contributed by atoms with Gasteiger partial charge < -0.3 is 10.0 Å². The van der Waals surface area contributed by atoms with Crippen molar-refractivity contribution in [1.29, 1.82) is 0 Å². The van der Waals surface area contributed by atoms with Crippen LogP contribution in [0.3, 0.4) is 0 Å². The first kappa shape index (κ1) is 15.7. The van der Waals surface area contributed by atoms with Gasteiger partial charge in [-0.15, -0.1) is 0 Å². The topological polar surface area (TPSA) is 43.8 Å². The molecule has 4 heteroatoms. The van der Waals surface area contributed by atoms with Gasteiger partial charge >= 0.3 is 0 Å². The third-order valence-corrected chi connectivity index (χ3v) is 4.32. The predicted molar refractivity (Wildman–Crippen MR) is 92.1 cm³/mol. The molecule has 1 aliphatic rings. The fraction of sp³-hybridized carbons (Fsp3) is 0.316. The van der Waals surface area contributed by atoms with Gasteiger partial charge in [0, 0.05) is 49.5 Å². The number of hydrogen-bond donors (Lipinski definition) is 1. The van der Waals surface area contributed by atoms with Crippen LogP contribution in [0.2, 0.25) is 0 Å². The third kappa shape index (κ3) is 3.78. The summed E-state index contributed by atoms with van der Waals surface area (Å²) in [4.78, 5) is 17.0. The molecular formula is C19H22N2O2. The number of nitrogens with zero attached hydrogens (tertiary/aromatic N) is 2. The summed E-state index contributed by atoms with van der Waals surface area (Å²) in [5.41, 5.74) is 2.59. The molecule has 0 spiro atoms. The minimum atomic E-state index is 0.0601. The van der Waals surface area contributed by atoms with E-state index in [0.717, 1.165) is 49.5 Å². The number of piperazine rings is 1. The minimum Gasteiger partial charge on any atom is -0.395 e. The fourth-order valence-electron chi connectivity index (χ4n) is 2.95. The second kappa shape index (κ2) is 7.40. The van der Waals surface area contributed by atoms with Crippen molar-refractivity contribution in [3.8, 4) is 0 Å². The lowest BCUT2D eigenvalue weighted by atomic mass is 10.0. The van der Waals surface area contributed by atoms with E-state index in [4.69, 9.17) is 5.11 Å². The maximum atomic E-state index is 12.4. The molecule has 2 aromatic carbocycles. The Hall–Kier alpha value is -2.17. The summed E-state index contributed by atoms with van der Waals surface area (Å²) in [5.74, 6) is 0.0601. The van der Waals surface area contributed by atoms with Gasteiger partial charge in [-0.25, -0.2) is 0 Å². The summed E-state index contributed by atoms with van der Waals surface area (Å²) in [6, 6.07) is 17.2. The first-order chi connectivity index (χ1) is 11.3. The summed E-state index contributed by atoms with van der Waals surface area (Å²) >= 11 is 0. The number of carbonyl (C=O) groups is 1. The Labute approximate surface area is 137 Å². The van der Waals surface area contributed by atoms with E-state index in [-0.39, 0.29) is 12.4 Å². The van der Waals surface area contributed by atoms with Crippen molar-refractivity contribution in [3.05, 3.63) is 65.7 Å². The zero-order chi connectivity index (χ0) is 16.1. The molecule has 0 bridgehead atoms. The lowest BCUT2D eigenvalue weighted by Gasteiger charge is -2.35. The Kier molecular flexibility index (Phi) is 5.05. The number of ketones is 1. The average Bonchev–Trinajstić information content (AvgIpc) is 2.63. The molecule has 0 aliphatic carbocycles. The molecule has 0 amide bonds. The Morgan fingerprint density at radius 1 is 0.870 bits per heavy atom. The van der Waals surface area contributed by atoms with Crippen molar-refractivity contribution >= 4 is 11.5 Å². The van der Waals surface area contributed by atoms with E-state index in [9.17, 15) is 4.79 Å². The number of hydrogen-bond acceptors (Lipinski definition) is 4. The van der Waals surface area contributed by atoms with E-state index in [1.807, 2.05) is 54.6 Å². The quantitative estimate of drug-likeness (QED) is 0.858. The predicted octanol–water partition coefficient (Wildman–Crippen LogP) is 2.03. The average molecular weight is 310 g/mol. The first-order valence-electron chi connectivity index (χ1n) is 8.06. The molecule has 1 fully saturated rings. The van der Waals surface area contributed by atoms with Gasteiger partial charge in [0.05, 0.1) is 6.61 Å². The molecule has 3 rings (SSSR count). The molecule has 0 aromatic heterocycles. The van der Waals surface area contributed by atoms with Crippen LogP contribution >= 0.6 is 0 Å². The van der Waals surface area contributed by atoms with Crippen LogP contribution in [0.4, 0.5) is 5.69 Å². The maximum absolute atomic E-state index is 12.4. The summed E-state index contributed by atoms with van der Waals surface area (Å²) in [7, 11) is 0. The van der Waals surface area contributed by atoms with Gasteiger partial charge in [-0.1, -0.05) is 30.3 Å². The van der Waals surface area contributed by atoms with E-state index in [1.54, 1.807) is 0 Å². The second-order valence-corrected chi connectivity index (χ2v) is 5.79. The molecule has 0 saturated carbocycles. The summed E-state index contributed by atoms with van der Waals surface area (Å²) < 4.78 is 0. The van der Waals surface area contributed by atoms with Crippen molar-refractivity contribution in [2.75, 3.05) is 44.2 Å². The number of rotatable bonds is 5. The highest BCUT2D eigenvalue weighted by molar-refractivity contribution is 6.09. The summed E-state index contributed by atoms with van der Waals surface area (Å²) in [6.45, 7) is 4.79. The molecule has 0 radical (unpaired) electrons. The molecule has 1 aliphatic heterocycles. The standard InChI is InChI=1S/C19H22N2O2/c22-15-14-20-10-12-21(13-11-20)18-8-6-17(7-9-18)19(23)16-4-2-1-3-5-16/h1-9,22H,10-15H2. The zero-order valence-electron chi connectivity index (χ0n) is 13.2. The molecule has 1 saturated heterocycles. The molecule has 4 nitrogen and oxygen atoms in total. The Morgan fingerprint density at radius 3 is 2.09 bits per heavy atom. The van der Waals surface area contributed by atoms with E-state index < -0.39 is 0 Å². The normalized spacial score (nSPS) is 15.6. The van der Waals surface area contributed by atoms with Crippen molar-refractivity contribution in [3.63, 3.8) is 0 Å². The van der Waals surface area contributed by atoms with Crippen LogP contribution in [0.5, 0.6) is 0 Å². The zero-order valence-corrected chi connectivity index (χ0v) is 13.2. The van der Waals surface area contributed by atoms with Crippen LogP contribution in [0, 0.1) is 0 Å². The number of aliphatic hydroxyl groups excluding tert-OH is 1. The van der Waals surface area contributed by atoms with Crippen LogP contribution in [-0.2, 0) is 0 Å². The van der Waals surface area contributed by atoms with Crippen LogP contribution < -0.4 is 4.90 Å². The van der Waals surface area contributed by atoms with Crippen molar-refractivity contribution < 1.29 is 9.90 Å². The Bertz CT molecular complexity index is 632. The van der Waals surface area contributed by atoms with Gasteiger partial charge in [-0.05, 0) is 24.3 Å². The molecule has 120 valence electrons. The smallest absolute Gasteiger partial charge is 0.193 e. The van der Waals surface area contributed by atoms with E-state index in [0.29, 0.717) is 0 Å². The molecule has 23 heavy (non-hydrogen) atoms. The largest absolute Gasteiger partial charge is 0.395 e. The van der Waals surface area contributed by atoms with Crippen LogP contribution in [0.25, 0.3) is 0 Å². The molecule has 1 heterocycles. The van der Waals surface area contributed by atoms with Gasteiger partial charge in [0.25, 0.3) is 0 Å².